The van der Waals surface area contributed by atoms with Gasteiger partial charge in [0, 0.05) is 36.8 Å². The summed E-state index contributed by atoms with van der Waals surface area (Å²) in [6.07, 6.45) is 4.89. The molecule has 1 saturated heterocycles. The first kappa shape index (κ1) is 20.1. The van der Waals surface area contributed by atoms with Gasteiger partial charge in [-0.2, -0.15) is 0 Å². The number of carbonyl (C=O) groups excluding carboxylic acids is 2. The Morgan fingerprint density at radius 2 is 1.57 bits per heavy atom. The van der Waals surface area contributed by atoms with Crippen LogP contribution in [0.3, 0.4) is 0 Å². The summed E-state index contributed by atoms with van der Waals surface area (Å²) in [6, 6.07) is 13.6. The van der Waals surface area contributed by atoms with E-state index in [2.05, 4.69) is 10.3 Å². The largest absolute Gasteiger partial charge is 0.345 e. The number of likely N-dealkylation sites (tertiary alicyclic amines) is 1. The van der Waals surface area contributed by atoms with Gasteiger partial charge in [0.1, 0.15) is 0 Å². The van der Waals surface area contributed by atoms with Crippen molar-refractivity contribution in [2.24, 2.45) is 11.3 Å². The zero-order chi connectivity index (χ0) is 20.1. The number of nitrogens with one attached hydrogen (secondary N) is 1. The molecular formula is C23H29N3O2. The summed E-state index contributed by atoms with van der Waals surface area (Å²) in [6.45, 7) is 7.09. The molecule has 1 unspecified atom stereocenters. The molecule has 1 aliphatic rings. The fourth-order valence-electron chi connectivity index (χ4n) is 3.64. The van der Waals surface area contributed by atoms with Crippen LogP contribution >= 0.6 is 0 Å². The summed E-state index contributed by atoms with van der Waals surface area (Å²) in [5.74, 6) is 0.135. The monoisotopic (exact) mass is 379 g/mol. The summed E-state index contributed by atoms with van der Waals surface area (Å²) < 4.78 is 0. The third kappa shape index (κ3) is 4.77. The number of piperidine rings is 1. The number of pyridine rings is 1. The fourth-order valence-corrected chi connectivity index (χ4v) is 3.64. The van der Waals surface area contributed by atoms with E-state index >= 15 is 0 Å². The first-order chi connectivity index (χ1) is 13.4. The summed E-state index contributed by atoms with van der Waals surface area (Å²) in [5.41, 5.74) is 1.67. The summed E-state index contributed by atoms with van der Waals surface area (Å²) in [5, 5.41) is 3.22. The Balaban J connectivity index is 1.68. The van der Waals surface area contributed by atoms with E-state index in [9.17, 15) is 9.59 Å². The summed E-state index contributed by atoms with van der Waals surface area (Å²) in [4.78, 5) is 31.4. The highest BCUT2D eigenvalue weighted by atomic mass is 16.2. The number of benzene rings is 1. The molecule has 3 rings (SSSR count). The maximum Gasteiger partial charge on any atom is 0.227 e. The lowest BCUT2D eigenvalue weighted by atomic mass is 9.90. The Morgan fingerprint density at radius 3 is 2.14 bits per heavy atom. The molecule has 0 bridgehead atoms. The smallest absolute Gasteiger partial charge is 0.227 e. The molecule has 28 heavy (non-hydrogen) atoms. The van der Waals surface area contributed by atoms with Crippen molar-refractivity contribution in [1.82, 2.24) is 15.2 Å². The van der Waals surface area contributed by atoms with Crippen LogP contribution < -0.4 is 5.32 Å². The second-order valence-electron chi connectivity index (χ2n) is 8.45. The number of carbonyl (C=O) groups is 2. The Bertz CT molecular complexity index is 752. The molecule has 1 N–H and O–H groups in total. The topological polar surface area (TPSA) is 62.3 Å². The lowest BCUT2D eigenvalue weighted by Crippen LogP contribution is -2.47. The van der Waals surface area contributed by atoms with E-state index in [0.717, 1.165) is 11.1 Å². The highest BCUT2D eigenvalue weighted by Crippen LogP contribution is 2.26. The van der Waals surface area contributed by atoms with Gasteiger partial charge in [-0.15, -0.1) is 0 Å². The van der Waals surface area contributed by atoms with E-state index in [4.69, 9.17) is 0 Å². The minimum atomic E-state index is -0.380. The number of hydrogen-bond acceptors (Lipinski definition) is 3. The van der Waals surface area contributed by atoms with Gasteiger partial charge >= 0.3 is 0 Å². The molecule has 0 saturated carbocycles. The van der Waals surface area contributed by atoms with Gasteiger partial charge in [-0.25, -0.2) is 0 Å². The Morgan fingerprint density at radius 1 is 1.00 bits per heavy atom. The third-order valence-electron chi connectivity index (χ3n) is 5.25. The fraction of sp³-hybridized carbons (Fsp3) is 0.435. The van der Waals surface area contributed by atoms with Crippen LogP contribution in [0.4, 0.5) is 0 Å². The van der Waals surface area contributed by atoms with Crippen LogP contribution in [0, 0.1) is 11.3 Å². The van der Waals surface area contributed by atoms with E-state index in [1.54, 1.807) is 12.4 Å². The van der Waals surface area contributed by atoms with Gasteiger partial charge in [0.15, 0.2) is 0 Å². The van der Waals surface area contributed by atoms with E-state index in [1.165, 1.54) is 0 Å². The number of hydrogen-bond donors (Lipinski definition) is 1. The van der Waals surface area contributed by atoms with Gasteiger partial charge in [-0.3, -0.25) is 14.6 Å². The second-order valence-corrected chi connectivity index (χ2v) is 8.45. The first-order valence-corrected chi connectivity index (χ1v) is 9.91. The SMILES string of the molecule is CC(C)(C)C(=O)N1CCC(C(=O)NC(c2ccccc2)c2ccncc2)CC1. The van der Waals surface area contributed by atoms with Crippen LogP contribution in [0.2, 0.25) is 0 Å². The lowest BCUT2D eigenvalue weighted by molar-refractivity contribution is -0.142. The van der Waals surface area contributed by atoms with Crippen LogP contribution in [-0.4, -0.2) is 34.8 Å². The van der Waals surface area contributed by atoms with E-state index in [0.29, 0.717) is 25.9 Å². The van der Waals surface area contributed by atoms with Crippen molar-refractivity contribution in [3.63, 3.8) is 0 Å². The molecule has 0 spiro atoms. The van der Waals surface area contributed by atoms with Crippen molar-refractivity contribution in [1.29, 1.82) is 0 Å². The normalized spacial score (nSPS) is 16.5. The zero-order valence-corrected chi connectivity index (χ0v) is 16.9. The van der Waals surface area contributed by atoms with E-state index in [-0.39, 0.29) is 29.2 Å². The minimum absolute atomic E-state index is 0.0496. The molecule has 2 aromatic rings. The van der Waals surface area contributed by atoms with Crippen molar-refractivity contribution >= 4 is 11.8 Å². The molecule has 0 aliphatic carbocycles. The lowest BCUT2D eigenvalue weighted by Gasteiger charge is -2.35. The number of aromatic nitrogens is 1. The molecule has 2 heterocycles. The zero-order valence-electron chi connectivity index (χ0n) is 16.9. The van der Waals surface area contributed by atoms with Gasteiger partial charge in [0.2, 0.25) is 11.8 Å². The maximum absolute atomic E-state index is 13.0. The molecular weight excluding hydrogens is 350 g/mol. The number of nitrogens with zero attached hydrogens (tertiary/aromatic N) is 2. The molecule has 1 aromatic heterocycles. The van der Waals surface area contributed by atoms with Crippen molar-refractivity contribution in [3.8, 4) is 0 Å². The average molecular weight is 380 g/mol. The van der Waals surface area contributed by atoms with Crippen LogP contribution in [0.15, 0.2) is 54.9 Å². The Kier molecular flexibility index (Phi) is 6.12. The molecule has 1 aromatic carbocycles. The number of amides is 2. The Hall–Kier alpha value is -2.69. The van der Waals surface area contributed by atoms with Crippen molar-refractivity contribution in [2.45, 2.75) is 39.7 Å². The van der Waals surface area contributed by atoms with E-state index in [1.807, 2.05) is 68.1 Å². The second kappa shape index (κ2) is 8.55. The van der Waals surface area contributed by atoms with Crippen LogP contribution in [0.5, 0.6) is 0 Å². The molecule has 5 heteroatoms. The summed E-state index contributed by atoms with van der Waals surface area (Å²) in [7, 11) is 0. The molecule has 148 valence electrons. The van der Waals surface area contributed by atoms with Gasteiger partial charge < -0.3 is 10.2 Å². The van der Waals surface area contributed by atoms with Gasteiger partial charge in [0.05, 0.1) is 6.04 Å². The maximum atomic E-state index is 13.0. The van der Waals surface area contributed by atoms with Gasteiger partial charge in [-0.1, -0.05) is 51.1 Å². The molecule has 1 aliphatic heterocycles. The molecule has 0 radical (unpaired) electrons. The molecule has 2 amide bonds. The van der Waals surface area contributed by atoms with Crippen molar-refractivity contribution in [2.75, 3.05) is 13.1 Å². The number of rotatable bonds is 4. The van der Waals surface area contributed by atoms with Gasteiger partial charge in [0.25, 0.3) is 0 Å². The highest BCUT2D eigenvalue weighted by molar-refractivity contribution is 5.83. The Labute approximate surface area is 167 Å². The highest BCUT2D eigenvalue weighted by Gasteiger charge is 2.33. The van der Waals surface area contributed by atoms with Gasteiger partial charge in [-0.05, 0) is 36.1 Å². The molecule has 5 nitrogen and oxygen atoms in total. The van der Waals surface area contributed by atoms with Crippen molar-refractivity contribution < 1.29 is 9.59 Å². The van der Waals surface area contributed by atoms with Crippen LogP contribution in [-0.2, 0) is 9.59 Å². The molecule has 1 fully saturated rings. The predicted molar refractivity (Wildman–Crippen MR) is 109 cm³/mol. The molecule has 1 atom stereocenters. The van der Waals surface area contributed by atoms with Crippen molar-refractivity contribution in [3.05, 3.63) is 66.0 Å². The standard InChI is InChI=1S/C23H29N3O2/c1-23(2,3)22(28)26-15-11-19(12-16-26)21(27)25-20(17-7-5-4-6-8-17)18-9-13-24-14-10-18/h4-10,13-14,19-20H,11-12,15-16H2,1-3H3,(H,25,27). The van der Waals surface area contributed by atoms with Crippen LogP contribution in [0.25, 0.3) is 0 Å². The minimum Gasteiger partial charge on any atom is -0.345 e. The van der Waals surface area contributed by atoms with Crippen LogP contribution in [0.1, 0.15) is 50.8 Å². The quantitative estimate of drug-likeness (QED) is 0.883. The summed E-state index contributed by atoms with van der Waals surface area (Å²) >= 11 is 0. The average Bonchev–Trinajstić information content (AvgIpc) is 2.72. The predicted octanol–water partition coefficient (Wildman–Crippen LogP) is 3.57. The first-order valence-electron chi connectivity index (χ1n) is 9.91. The third-order valence-corrected chi connectivity index (χ3v) is 5.25. The van der Waals surface area contributed by atoms with E-state index < -0.39 is 0 Å².